The molecule has 0 atom stereocenters. The van der Waals surface area contributed by atoms with Gasteiger partial charge < -0.3 is 19.0 Å². The van der Waals surface area contributed by atoms with Crippen LogP contribution in [0.1, 0.15) is 15.9 Å². The van der Waals surface area contributed by atoms with E-state index in [0.29, 0.717) is 11.3 Å². The van der Waals surface area contributed by atoms with E-state index >= 15 is 0 Å². The Hall–Kier alpha value is -2.83. The van der Waals surface area contributed by atoms with E-state index in [1.54, 1.807) is 0 Å². The first kappa shape index (κ1) is 14.6. The van der Waals surface area contributed by atoms with Crippen LogP contribution >= 0.6 is 0 Å². The summed E-state index contributed by atoms with van der Waals surface area (Å²) in [5, 5.41) is 9.01. The molecule has 0 amide bonds. The lowest BCUT2D eigenvalue weighted by Crippen LogP contribution is -2.39. The third-order valence-electron chi connectivity index (χ3n) is 3.10. The lowest BCUT2D eigenvalue weighted by Gasteiger charge is -2.11. The molecular formula is C14H14N2O5. The fraction of sp³-hybridized carbons (Fsp3) is 0.214. The van der Waals surface area contributed by atoms with Crippen molar-refractivity contribution < 1.29 is 14.6 Å². The average molecular weight is 290 g/mol. The second kappa shape index (κ2) is 5.66. The summed E-state index contributed by atoms with van der Waals surface area (Å²) in [6.07, 6.45) is 2.94. The van der Waals surface area contributed by atoms with Gasteiger partial charge in [-0.3, -0.25) is 9.59 Å². The summed E-state index contributed by atoms with van der Waals surface area (Å²) < 4.78 is 7.55. The molecule has 7 nitrogen and oxygen atoms in total. The van der Waals surface area contributed by atoms with E-state index in [9.17, 15) is 14.4 Å². The molecule has 0 aliphatic carbocycles. The monoisotopic (exact) mass is 290 g/mol. The van der Waals surface area contributed by atoms with Crippen molar-refractivity contribution in [1.29, 1.82) is 0 Å². The van der Waals surface area contributed by atoms with Crippen molar-refractivity contribution in [3.05, 3.63) is 62.4 Å². The van der Waals surface area contributed by atoms with Crippen LogP contribution in [-0.4, -0.2) is 27.3 Å². The topological polar surface area (TPSA) is 90.5 Å². The Balaban J connectivity index is 2.50. The number of carboxylic acid groups (broad SMARTS) is 1. The summed E-state index contributed by atoms with van der Waals surface area (Å²) in [6, 6.07) is 4.35. The van der Waals surface area contributed by atoms with Crippen molar-refractivity contribution in [3.8, 4) is 5.75 Å². The van der Waals surface area contributed by atoms with E-state index in [2.05, 4.69) is 0 Å². The Morgan fingerprint density at radius 3 is 2.57 bits per heavy atom. The first-order chi connectivity index (χ1) is 9.93. The first-order valence-electron chi connectivity index (χ1n) is 6.10. The molecule has 0 saturated heterocycles. The lowest BCUT2D eigenvalue weighted by atomic mass is 10.1. The van der Waals surface area contributed by atoms with Gasteiger partial charge in [-0.2, -0.15) is 0 Å². The van der Waals surface area contributed by atoms with Gasteiger partial charge in [-0.25, -0.2) is 4.79 Å². The van der Waals surface area contributed by atoms with Gasteiger partial charge in [0, 0.05) is 25.0 Å². The van der Waals surface area contributed by atoms with Gasteiger partial charge in [0.05, 0.1) is 19.2 Å². The normalized spacial score (nSPS) is 10.4. The molecule has 110 valence electrons. The molecule has 0 aliphatic heterocycles. The maximum absolute atomic E-state index is 11.9. The smallest absolute Gasteiger partial charge is 0.335 e. The molecule has 2 rings (SSSR count). The fourth-order valence-electron chi connectivity index (χ4n) is 1.93. The van der Waals surface area contributed by atoms with Gasteiger partial charge >= 0.3 is 17.1 Å². The molecule has 0 unspecified atom stereocenters. The highest BCUT2D eigenvalue weighted by Gasteiger charge is 2.11. The number of aromatic carboxylic acids is 1. The van der Waals surface area contributed by atoms with Gasteiger partial charge in [0.1, 0.15) is 5.75 Å². The summed E-state index contributed by atoms with van der Waals surface area (Å²) in [6.45, 7) is 0.0548. The minimum absolute atomic E-state index is 0.0548. The molecule has 0 radical (unpaired) electrons. The third kappa shape index (κ3) is 2.86. The van der Waals surface area contributed by atoms with Crippen molar-refractivity contribution >= 4 is 5.97 Å². The van der Waals surface area contributed by atoms with Gasteiger partial charge in [0.15, 0.2) is 0 Å². The lowest BCUT2D eigenvalue weighted by molar-refractivity contribution is 0.0696. The first-order valence-corrected chi connectivity index (χ1v) is 6.10. The van der Waals surface area contributed by atoms with Gasteiger partial charge in [0.25, 0.3) is 0 Å². The minimum atomic E-state index is -1.07. The molecule has 7 heteroatoms. The molecule has 1 aromatic carbocycles. The maximum atomic E-state index is 11.9. The van der Waals surface area contributed by atoms with Gasteiger partial charge in [0.2, 0.25) is 0 Å². The summed E-state index contributed by atoms with van der Waals surface area (Å²) in [4.78, 5) is 34.5. The zero-order chi connectivity index (χ0) is 15.6. The predicted octanol–water partition coefficient (Wildman–Crippen LogP) is 0.302. The van der Waals surface area contributed by atoms with Crippen LogP contribution in [0, 0.1) is 0 Å². The average Bonchev–Trinajstić information content (AvgIpc) is 2.47. The number of methoxy groups -OCH3 is 1. The van der Waals surface area contributed by atoms with Gasteiger partial charge in [-0.15, -0.1) is 0 Å². The van der Waals surface area contributed by atoms with Crippen LogP contribution in [0.25, 0.3) is 0 Å². The third-order valence-corrected chi connectivity index (χ3v) is 3.10. The van der Waals surface area contributed by atoms with Crippen molar-refractivity contribution in [2.45, 2.75) is 6.54 Å². The van der Waals surface area contributed by atoms with E-state index in [-0.39, 0.29) is 12.1 Å². The highest BCUT2D eigenvalue weighted by molar-refractivity contribution is 5.88. The number of aromatic nitrogens is 2. The summed E-state index contributed by atoms with van der Waals surface area (Å²) in [5.74, 6) is -0.622. The van der Waals surface area contributed by atoms with Crippen molar-refractivity contribution in [3.63, 3.8) is 0 Å². The standard InChI is InChI=1S/C14H14N2O5/c1-15-5-6-16(13(18)12(15)17)8-10-7-9(14(19)20)3-4-11(10)21-2/h3-7H,8H2,1-2H3,(H,19,20). The Morgan fingerprint density at radius 1 is 1.24 bits per heavy atom. The van der Waals surface area contributed by atoms with Crippen molar-refractivity contribution in [2.75, 3.05) is 7.11 Å². The molecule has 0 bridgehead atoms. The van der Waals surface area contributed by atoms with Crippen molar-refractivity contribution in [2.24, 2.45) is 7.05 Å². The van der Waals surface area contributed by atoms with Crippen LogP contribution in [0.15, 0.2) is 40.2 Å². The second-order valence-electron chi connectivity index (χ2n) is 4.48. The number of nitrogens with zero attached hydrogens (tertiary/aromatic N) is 2. The number of carbonyl (C=O) groups is 1. The second-order valence-corrected chi connectivity index (χ2v) is 4.48. The van der Waals surface area contributed by atoms with E-state index < -0.39 is 17.1 Å². The van der Waals surface area contributed by atoms with E-state index in [4.69, 9.17) is 9.84 Å². The van der Waals surface area contributed by atoms with E-state index in [1.165, 1.54) is 53.9 Å². The Labute approximate surface area is 119 Å². The van der Waals surface area contributed by atoms with Crippen LogP contribution in [0.4, 0.5) is 0 Å². The zero-order valence-electron chi connectivity index (χ0n) is 11.6. The molecule has 1 N–H and O–H groups in total. The van der Waals surface area contributed by atoms with Crippen LogP contribution in [0.2, 0.25) is 0 Å². The number of carboxylic acids is 1. The van der Waals surface area contributed by atoms with E-state index in [0.717, 1.165) is 0 Å². The molecule has 1 heterocycles. The molecule has 1 aromatic heterocycles. The number of rotatable bonds is 4. The van der Waals surface area contributed by atoms with Gasteiger partial charge in [-0.05, 0) is 18.2 Å². The SMILES string of the molecule is COc1ccc(C(=O)O)cc1Cn1ccn(C)c(=O)c1=O. The Morgan fingerprint density at radius 2 is 1.95 bits per heavy atom. The maximum Gasteiger partial charge on any atom is 0.335 e. The molecular weight excluding hydrogens is 276 g/mol. The van der Waals surface area contributed by atoms with Gasteiger partial charge in [-0.1, -0.05) is 0 Å². The molecule has 0 aliphatic rings. The molecule has 2 aromatic rings. The van der Waals surface area contributed by atoms with Crippen LogP contribution < -0.4 is 15.9 Å². The highest BCUT2D eigenvalue weighted by atomic mass is 16.5. The predicted molar refractivity (Wildman–Crippen MR) is 75.0 cm³/mol. The summed E-state index contributed by atoms with van der Waals surface area (Å²) in [5.41, 5.74) is -0.732. The van der Waals surface area contributed by atoms with Crippen LogP contribution in [-0.2, 0) is 13.6 Å². The summed E-state index contributed by atoms with van der Waals surface area (Å²) >= 11 is 0. The molecule has 0 spiro atoms. The van der Waals surface area contributed by atoms with Crippen LogP contribution in [0.3, 0.4) is 0 Å². The number of hydrogen-bond acceptors (Lipinski definition) is 4. The van der Waals surface area contributed by atoms with E-state index in [1.807, 2.05) is 0 Å². The molecule has 0 fully saturated rings. The highest BCUT2D eigenvalue weighted by Crippen LogP contribution is 2.20. The van der Waals surface area contributed by atoms with Crippen LogP contribution in [0.5, 0.6) is 5.75 Å². The Kier molecular flexibility index (Phi) is 3.93. The largest absolute Gasteiger partial charge is 0.496 e. The number of aryl methyl sites for hydroxylation is 1. The zero-order valence-corrected chi connectivity index (χ0v) is 11.6. The minimum Gasteiger partial charge on any atom is -0.496 e. The number of benzene rings is 1. The Bertz CT molecular complexity index is 804. The fourth-order valence-corrected chi connectivity index (χ4v) is 1.93. The molecule has 21 heavy (non-hydrogen) atoms. The quantitative estimate of drug-likeness (QED) is 0.818. The summed E-state index contributed by atoms with van der Waals surface area (Å²) in [7, 11) is 2.94. The molecule has 0 saturated carbocycles. The number of hydrogen-bond donors (Lipinski definition) is 1. The number of ether oxygens (including phenoxy) is 1. The van der Waals surface area contributed by atoms with Crippen molar-refractivity contribution in [1.82, 2.24) is 9.13 Å².